The number of anilines is 3. The lowest BCUT2D eigenvalue weighted by Gasteiger charge is -2.41. The van der Waals surface area contributed by atoms with Crippen LogP contribution < -0.4 is 21.3 Å². The molecular weight excluding hydrogens is 481 g/mol. The van der Waals surface area contributed by atoms with E-state index in [4.69, 9.17) is 0 Å². The van der Waals surface area contributed by atoms with Crippen molar-refractivity contribution in [2.45, 2.75) is 38.5 Å². The molecule has 1 unspecified atom stereocenters. The molecule has 1 nitrogen and oxygen atoms in total. The Labute approximate surface area is 237 Å². The van der Waals surface area contributed by atoms with Crippen LogP contribution in [0.2, 0.25) is 0 Å². The van der Waals surface area contributed by atoms with Crippen LogP contribution in [-0.4, -0.2) is 6.71 Å². The molecule has 4 aromatic rings. The summed E-state index contributed by atoms with van der Waals surface area (Å²) in [6.45, 7) is 7.34. The molecule has 0 N–H and O–H groups in total. The average Bonchev–Trinajstić information content (AvgIpc) is 3.31. The number of para-hydroxylation sites is 1. The third kappa shape index (κ3) is 2.84. The number of hydrogen-bond donors (Lipinski definition) is 0. The van der Waals surface area contributed by atoms with Gasteiger partial charge in [0.1, 0.15) is 0 Å². The third-order valence-corrected chi connectivity index (χ3v) is 9.67. The SMILES string of the molecule is CC(C)(C)c1ccc2c3c1N(c1cc4c5c(c1)CC=C1C=CC=C(C=C4)C15)c1ccccc1B3c1ccccc1-2. The number of rotatable bonds is 1. The molecule has 40 heavy (non-hydrogen) atoms. The van der Waals surface area contributed by atoms with Gasteiger partial charge >= 0.3 is 0 Å². The van der Waals surface area contributed by atoms with Crippen LogP contribution in [0.25, 0.3) is 17.2 Å². The van der Waals surface area contributed by atoms with Crippen molar-refractivity contribution in [3.63, 3.8) is 0 Å². The first-order valence-electron chi connectivity index (χ1n) is 14.6. The molecule has 0 saturated carbocycles. The lowest BCUT2D eigenvalue weighted by Crippen LogP contribution is -2.55. The maximum Gasteiger partial charge on any atom is 0.248 e. The van der Waals surface area contributed by atoms with E-state index in [1.165, 1.54) is 78.0 Å². The minimum Gasteiger partial charge on any atom is -0.311 e. The summed E-state index contributed by atoms with van der Waals surface area (Å²) in [6, 6.07) is 27.9. The normalized spacial score (nSPS) is 18.5. The van der Waals surface area contributed by atoms with Crippen molar-refractivity contribution in [1.82, 2.24) is 0 Å². The molecule has 190 valence electrons. The molecule has 4 aromatic carbocycles. The summed E-state index contributed by atoms with van der Waals surface area (Å²) in [5.74, 6) is 0.376. The van der Waals surface area contributed by atoms with Gasteiger partial charge in [0.15, 0.2) is 0 Å². The number of benzene rings is 4. The van der Waals surface area contributed by atoms with Crippen LogP contribution in [0.1, 0.15) is 48.9 Å². The Morgan fingerprint density at radius 2 is 1.62 bits per heavy atom. The smallest absolute Gasteiger partial charge is 0.248 e. The second-order valence-corrected chi connectivity index (χ2v) is 12.9. The van der Waals surface area contributed by atoms with Crippen LogP contribution in [-0.2, 0) is 11.8 Å². The van der Waals surface area contributed by atoms with Crippen LogP contribution in [0, 0.1) is 0 Å². The first-order chi connectivity index (χ1) is 19.5. The van der Waals surface area contributed by atoms with Gasteiger partial charge < -0.3 is 4.90 Å². The van der Waals surface area contributed by atoms with Gasteiger partial charge in [-0.1, -0.05) is 117 Å². The predicted octanol–water partition coefficient (Wildman–Crippen LogP) is 7.35. The summed E-state index contributed by atoms with van der Waals surface area (Å²) >= 11 is 0. The topological polar surface area (TPSA) is 3.24 Å². The first-order valence-corrected chi connectivity index (χ1v) is 14.6. The van der Waals surface area contributed by atoms with E-state index in [-0.39, 0.29) is 12.1 Å². The standard InChI is InChI=1S/C38H30BN/c1-38(2,3)30-20-19-29-28-11-4-5-12-31(28)39-32-13-6-7-14-33(32)40(37(30)36(29)39)27-21-25-17-15-23-9-8-10-24-16-18-26(22-27)35(25)34(23)24/h4-17,19-22,34H,18H2,1-3H3. The second kappa shape index (κ2) is 7.67. The number of hydrogen-bond acceptors (Lipinski definition) is 1. The molecule has 0 radical (unpaired) electrons. The van der Waals surface area contributed by atoms with Crippen LogP contribution in [0.4, 0.5) is 17.1 Å². The van der Waals surface area contributed by atoms with Gasteiger partial charge in [-0.15, -0.1) is 0 Å². The molecule has 2 heteroatoms. The van der Waals surface area contributed by atoms with Gasteiger partial charge in [-0.3, -0.25) is 0 Å². The maximum atomic E-state index is 2.60. The molecule has 0 saturated heterocycles. The summed E-state index contributed by atoms with van der Waals surface area (Å²) in [7, 11) is 0. The third-order valence-electron chi connectivity index (χ3n) is 9.67. The van der Waals surface area contributed by atoms with Gasteiger partial charge in [-0.05, 0) is 85.5 Å². The summed E-state index contributed by atoms with van der Waals surface area (Å²) in [5, 5.41) is 0. The van der Waals surface area contributed by atoms with Crippen molar-refractivity contribution in [1.29, 1.82) is 0 Å². The molecule has 0 spiro atoms. The summed E-state index contributed by atoms with van der Waals surface area (Å²) in [5.41, 5.74) is 19.6. The van der Waals surface area contributed by atoms with E-state index in [1.54, 1.807) is 0 Å². The average molecular weight is 511 g/mol. The highest BCUT2D eigenvalue weighted by molar-refractivity contribution is 7.01. The van der Waals surface area contributed by atoms with E-state index >= 15 is 0 Å². The van der Waals surface area contributed by atoms with Gasteiger partial charge in [0, 0.05) is 23.0 Å². The zero-order valence-electron chi connectivity index (χ0n) is 23.2. The predicted molar refractivity (Wildman–Crippen MR) is 171 cm³/mol. The van der Waals surface area contributed by atoms with Crippen molar-refractivity contribution in [3.05, 3.63) is 137 Å². The summed E-state index contributed by atoms with van der Waals surface area (Å²) in [6.07, 6.45) is 14.9. The van der Waals surface area contributed by atoms with Crippen molar-refractivity contribution in [2.24, 2.45) is 0 Å². The lowest BCUT2D eigenvalue weighted by molar-refractivity contribution is 0.591. The highest BCUT2D eigenvalue weighted by Crippen LogP contribution is 2.50. The second-order valence-electron chi connectivity index (χ2n) is 12.9. The van der Waals surface area contributed by atoms with E-state index in [0.29, 0.717) is 5.92 Å². The van der Waals surface area contributed by atoms with E-state index in [0.717, 1.165) is 6.42 Å². The van der Waals surface area contributed by atoms with Crippen LogP contribution in [0.15, 0.2) is 114 Å². The summed E-state index contributed by atoms with van der Waals surface area (Å²) < 4.78 is 0. The Hall–Kier alpha value is -4.30. The van der Waals surface area contributed by atoms with Gasteiger partial charge in [-0.25, -0.2) is 0 Å². The van der Waals surface area contributed by atoms with Crippen LogP contribution >= 0.6 is 0 Å². The Morgan fingerprint density at radius 3 is 2.50 bits per heavy atom. The molecule has 0 aromatic heterocycles. The molecule has 0 fully saturated rings. The Balaban J connectivity index is 1.35. The first kappa shape index (κ1) is 22.5. The molecule has 0 amide bonds. The van der Waals surface area contributed by atoms with Gasteiger partial charge in [-0.2, -0.15) is 0 Å². The van der Waals surface area contributed by atoms with Crippen LogP contribution in [0.3, 0.4) is 0 Å². The number of allylic oxidation sites excluding steroid dienone is 7. The van der Waals surface area contributed by atoms with E-state index < -0.39 is 0 Å². The van der Waals surface area contributed by atoms with Crippen molar-refractivity contribution >= 4 is 46.2 Å². The van der Waals surface area contributed by atoms with Gasteiger partial charge in [0.05, 0.1) is 0 Å². The quantitative estimate of drug-likeness (QED) is 0.209. The van der Waals surface area contributed by atoms with Crippen LogP contribution in [0.5, 0.6) is 0 Å². The number of nitrogens with zero attached hydrogens (tertiary/aromatic N) is 1. The minimum atomic E-state index is 0.00235. The fraction of sp³-hybridized carbons (Fsp3) is 0.158. The number of fused-ring (bicyclic) bond motifs is 5. The van der Waals surface area contributed by atoms with E-state index in [9.17, 15) is 0 Å². The van der Waals surface area contributed by atoms with Gasteiger partial charge in [0.25, 0.3) is 0 Å². The highest BCUT2D eigenvalue weighted by Gasteiger charge is 2.44. The Bertz CT molecular complexity index is 1930. The Morgan fingerprint density at radius 1 is 0.800 bits per heavy atom. The minimum absolute atomic E-state index is 0.00235. The summed E-state index contributed by atoms with van der Waals surface area (Å²) in [4.78, 5) is 2.60. The van der Waals surface area contributed by atoms with E-state index in [2.05, 4.69) is 135 Å². The van der Waals surface area contributed by atoms with E-state index in [1.807, 2.05) is 0 Å². The van der Waals surface area contributed by atoms with Crippen molar-refractivity contribution in [3.8, 4) is 11.1 Å². The molecule has 5 aliphatic rings. The molecule has 0 bridgehead atoms. The van der Waals surface area contributed by atoms with Crippen molar-refractivity contribution < 1.29 is 0 Å². The zero-order valence-corrected chi connectivity index (χ0v) is 23.2. The lowest BCUT2D eigenvalue weighted by atomic mass is 9.37. The fourth-order valence-corrected chi connectivity index (χ4v) is 8.03. The monoisotopic (exact) mass is 511 g/mol. The van der Waals surface area contributed by atoms with Crippen molar-refractivity contribution in [2.75, 3.05) is 4.90 Å². The molecular formula is C38H30BN. The largest absolute Gasteiger partial charge is 0.311 e. The maximum absolute atomic E-state index is 2.60. The Kier molecular flexibility index (Phi) is 4.32. The molecule has 3 aliphatic carbocycles. The highest BCUT2D eigenvalue weighted by atomic mass is 15.2. The van der Waals surface area contributed by atoms with Gasteiger partial charge in [0.2, 0.25) is 6.71 Å². The molecule has 9 rings (SSSR count). The fourth-order valence-electron chi connectivity index (χ4n) is 8.03. The zero-order chi connectivity index (χ0) is 26.7. The molecule has 2 aliphatic heterocycles. The molecule has 2 heterocycles. The molecule has 1 atom stereocenters.